The molecule has 0 amide bonds. The number of para-hydroxylation sites is 1. The number of methoxy groups -OCH3 is 2. The maximum absolute atomic E-state index is 13.9. The Morgan fingerprint density at radius 3 is 2.50 bits per heavy atom. The second-order valence-electron chi connectivity index (χ2n) is 8.55. The Hall–Kier alpha value is -4.38. The zero-order valence-corrected chi connectivity index (χ0v) is 23.7. The van der Waals surface area contributed by atoms with Gasteiger partial charge in [0.05, 0.1) is 49.3 Å². The third kappa shape index (κ3) is 5.79. The molecular weight excluding hydrogens is 536 g/mol. The van der Waals surface area contributed by atoms with Crippen LogP contribution in [0.5, 0.6) is 17.2 Å². The molecule has 1 aliphatic rings. The highest BCUT2D eigenvalue weighted by molar-refractivity contribution is 7.07. The lowest BCUT2D eigenvalue weighted by Gasteiger charge is -2.25. The van der Waals surface area contributed by atoms with E-state index in [0.717, 1.165) is 5.56 Å². The first kappa shape index (κ1) is 28.6. The largest absolute Gasteiger partial charge is 0.496 e. The molecule has 1 aromatic heterocycles. The van der Waals surface area contributed by atoms with Crippen LogP contribution in [0, 0.1) is 0 Å². The summed E-state index contributed by atoms with van der Waals surface area (Å²) in [5.74, 6) is 0.168. The number of carbonyl (C=O) groups is 2. The third-order valence-electron chi connectivity index (χ3n) is 6.10. The normalized spacial score (nSPS) is 14.7. The van der Waals surface area contributed by atoms with Crippen molar-refractivity contribution >= 4 is 29.4 Å². The molecule has 10 nitrogen and oxygen atoms in total. The van der Waals surface area contributed by atoms with E-state index in [2.05, 4.69) is 9.73 Å². The van der Waals surface area contributed by atoms with E-state index in [1.54, 1.807) is 45.2 Å². The summed E-state index contributed by atoms with van der Waals surface area (Å²) in [4.78, 5) is 43.8. The van der Waals surface area contributed by atoms with Crippen LogP contribution < -0.4 is 29.1 Å². The van der Waals surface area contributed by atoms with Crippen molar-refractivity contribution in [3.63, 3.8) is 0 Å². The van der Waals surface area contributed by atoms with Gasteiger partial charge in [-0.05, 0) is 50.6 Å². The molecule has 0 unspecified atom stereocenters. The van der Waals surface area contributed by atoms with Crippen molar-refractivity contribution in [1.82, 2.24) is 4.57 Å². The van der Waals surface area contributed by atoms with Crippen LogP contribution in [0.3, 0.4) is 0 Å². The van der Waals surface area contributed by atoms with E-state index >= 15 is 0 Å². The molecular formula is C29H30N2O8S. The van der Waals surface area contributed by atoms with Crippen LogP contribution in [-0.2, 0) is 19.1 Å². The Balaban J connectivity index is 1.91. The number of thiazole rings is 1. The quantitative estimate of drug-likeness (QED) is 0.344. The van der Waals surface area contributed by atoms with E-state index in [-0.39, 0.29) is 24.3 Å². The maximum atomic E-state index is 13.9. The smallest absolute Gasteiger partial charge is 0.343 e. The fraction of sp³-hybridized carbons (Fsp3) is 0.310. The van der Waals surface area contributed by atoms with Gasteiger partial charge in [-0.15, -0.1) is 0 Å². The number of hydrogen-bond donors (Lipinski definition) is 0. The van der Waals surface area contributed by atoms with Crippen LogP contribution >= 0.6 is 11.3 Å². The van der Waals surface area contributed by atoms with Crippen molar-refractivity contribution in [2.45, 2.75) is 26.8 Å². The Bertz CT molecular complexity index is 1640. The Kier molecular flexibility index (Phi) is 9.05. The van der Waals surface area contributed by atoms with Crippen LogP contribution in [0.1, 0.15) is 37.9 Å². The number of esters is 2. The summed E-state index contributed by atoms with van der Waals surface area (Å²) in [7, 11) is 2.84. The molecule has 0 saturated heterocycles. The number of allylic oxidation sites excluding steroid dienone is 1. The molecule has 0 saturated carbocycles. The monoisotopic (exact) mass is 566 g/mol. The van der Waals surface area contributed by atoms with Crippen molar-refractivity contribution < 1.29 is 33.3 Å². The SMILES string of the molecule is CCOC(=O)C1=C(C)N=c2s/c(=C\c3ccccc3OC)c(=O)n2[C@H]1c1ccc(OCC(=O)OC)c(OCC)c1. The maximum Gasteiger partial charge on any atom is 0.343 e. The number of ether oxygens (including phenoxy) is 5. The minimum atomic E-state index is -0.844. The fourth-order valence-electron chi connectivity index (χ4n) is 4.31. The molecule has 0 aliphatic carbocycles. The van der Waals surface area contributed by atoms with Gasteiger partial charge in [-0.25, -0.2) is 14.6 Å². The van der Waals surface area contributed by atoms with Crippen LogP contribution in [-0.4, -0.2) is 50.5 Å². The molecule has 0 bridgehead atoms. The van der Waals surface area contributed by atoms with Gasteiger partial charge in [0.1, 0.15) is 5.75 Å². The van der Waals surface area contributed by atoms with Crippen LogP contribution in [0.4, 0.5) is 0 Å². The van der Waals surface area contributed by atoms with Crippen molar-refractivity contribution in [1.29, 1.82) is 0 Å². The fourth-order valence-corrected chi connectivity index (χ4v) is 5.35. The minimum Gasteiger partial charge on any atom is -0.496 e. The van der Waals surface area contributed by atoms with E-state index < -0.39 is 18.0 Å². The van der Waals surface area contributed by atoms with Crippen LogP contribution in [0.2, 0.25) is 0 Å². The third-order valence-corrected chi connectivity index (χ3v) is 7.08. The van der Waals surface area contributed by atoms with E-state index in [1.165, 1.54) is 23.0 Å². The molecule has 2 aromatic carbocycles. The molecule has 0 spiro atoms. The number of nitrogens with zero attached hydrogens (tertiary/aromatic N) is 2. The zero-order valence-electron chi connectivity index (χ0n) is 22.9. The summed E-state index contributed by atoms with van der Waals surface area (Å²) in [6.45, 7) is 5.41. The molecule has 4 rings (SSSR count). The summed E-state index contributed by atoms with van der Waals surface area (Å²) in [5, 5.41) is 0. The van der Waals surface area contributed by atoms with Gasteiger partial charge in [0.25, 0.3) is 5.56 Å². The molecule has 1 atom stereocenters. The van der Waals surface area contributed by atoms with Crippen molar-refractivity contribution in [3.05, 3.63) is 84.5 Å². The predicted octanol–water partition coefficient (Wildman–Crippen LogP) is 2.76. The minimum absolute atomic E-state index is 0.158. The average molecular weight is 567 g/mol. The van der Waals surface area contributed by atoms with Crippen LogP contribution in [0.15, 0.2) is 63.5 Å². The molecule has 0 radical (unpaired) electrons. The van der Waals surface area contributed by atoms with Gasteiger partial charge < -0.3 is 23.7 Å². The summed E-state index contributed by atoms with van der Waals surface area (Å²) < 4.78 is 28.8. The van der Waals surface area contributed by atoms with E-state index in [1.807, 2.05) is 31.2 Å². The average Bonchev–Trinajstić information content (AvgIpc) is 3.25. The molecule has 210 valence electrons. The Morgan fingerprint density at radius 2 is 1.80 bits per heavy atom. The summed E-state index contributed by atoms with van der Waals surface area (Å²) in [6, 6.07) is 11.6. The molecule has 2 heterocycles. The lowest BCUT2D eigenvalue weighted by molar-refractivity contribution is -0.143. The van der Waals surface area contributed by atoms with Crippen LogP contribution in [0.25, 0.3) is 6.08 Å². The van der Waals surface area contributed by atoms with Gasteiger partial charge in [0.2, 0.25) is 0 Å². The zero-order chi connectivity index (χ0) is 28.8. The van der Waals surface area contributed by atoms with E-state index in [4.69, 9.17) is 18.9 Å². The lowest BCUT2D eigenvalue weighted by Crippen LogP contribution is -2.40. The number of fused-ring (bicyclic) bond motifs is 1. The van der Waals surface area contributed by atoms with Gasteiger partial charge in [0.15, 0.2) is 22.9 Å². The van der Waals surface area contributed by atoms with Gasteiger partial charge in [-0.3, -0.25) is 9.36 Å². The highest BCUT2D eigenvalue weighted by atomic mass is 32.1. The molecule has 11 heteroatoms. The molecule has 0 fully saturated rings. The van der Waals surface area contributed by atoms with Gasteiger partial charge in [0, 0.05) is 5.56 Å². The first-order chi connectivity index (χ1) is 19.3. The first-order valence-corrected chi connectivity index (χ1v) is 13.4. The molecule has 3 aromatic rings. The first-order valence-electron chi connectivity index (χ1n) is 12.6. The molecule has 0 N–H and O–H groups in total. The molecule has 40 heavy (non-hydrogen) atoms. The Labute approximate surface area is 234 Å². The second-order valence-corrected chi connectivity index (χ2v) is 9.56. The molecule has 1 aliphatic heterocycles. The number of rotatable bonds is 10. The highest BCUT2D eigenvalue weighted by Gasteiger charge is 2.34. The standard InChI is InChI=1S/C29H30N2O8S/c1-6-37-22-14-19(12-13-21(22)39-16-24(32)36-5)26-25(28(34)38-7-2)17(3)30-29-31(26)27(33)23(40-29)15-18-10-8-9-11-20(18)35-4/h8-15,26H,6-7,16H2,1-5H3/b23-15-/t26-/m0/s1. The van der Waals surface area contributed by atoms with Gasteiger partial charge >= 0.3 is 11.9 Å². The van der Waals surface area contributed by atoms with E-state index in [9.17, 15) is 14.4 Å². The summed E-state index contributed by atoms with van der Waals surface area (Å²) in [6.07, 6.45) is 1.75. The summed E-state index contributed by atoms with van der Waals surface area (Å²) in [5.41, 5.74) is 1.68. The number of aromatic nitrogens is 1. The van der Waals surface area contributed by atoms with Crippen molar-refractivity contribution in [3.8, 4) is 17.2 Å². The van der Waals surface area contributed by atoms with Crippen molar-refractivity contribution in [2.24, 2.45) is 4.99 Å². The number of carbonyl (C=O) groups excluding carboxylic acids is 2. The summed E-state index contributed by atoms with van der Waals surface area (Å²) >= 11 is 1.22. The van der Waals surface area contributed by atoms with Gasteiger partial charge in [-0.1, -0.05) is 35.6 Å². The topological polar surface area (TPSA) is 115 Å². The number of benzene rings is 2. The van der Waals surface area contributed by atoms with E-state index in [0.29, 0.717) is 44.4 Å². The van der Waals surface area contributed by atoms with Gasteiger partial charge in [-0.2, -0.15) is 0 Å². The predicted molar refractivity (Wildman–Crippen MR) is 149 cm³/mol. The second kappa shape index (κ2) is 12.6. The Morgan fingerprint density at radius 1 is 1.02 bits per heavy atom. The van der Waals surface area contributed by atoms with Crippen molar-refractivity contribution in [2.75, 3.05) is 34.0 Å². The highest BCUT2D eigenvalue weighted by Crippen LogP contribution is 2.36. The lowest BCUT2D eigenvalue weighted by atomic mass is 9.95. The number of hydrogen-bond acceptors (Lipinski definition) is 10.